The van der Waals surface area contributed by atoms with Gasteiger partial charge in [0.05, 0.1) is 5.37 Å². The Kier molecular flexibility index (Phi) is 3.25. The van der Waals surface area contributed by atoms with Crippen LogP contribution in [0, 0.1) is 0 Å². The lowest BCUT2D eigenvalue weighted by Gasteiger charge is -2.05. The molecule has 0 aliphatic carbocycles. The van der Waals surface area contributed by atoms with Gasteiger partial charge < -0.3 is 5.11 Å². The Morgan fingerprint density at radius 3 is 2.90 bits per heavy atom. The molecule has 1 rings (SSSR count). The molecule has 0 radical (unpaired) electrons. The molecule has 1 fully saturated rings. The minimum absolute atomic E-state index is 0.329. The highest BCUT2D eigenvalue weighted by Gasteiger charge is 2.28. The summed E-state index contributed by atoms with van der Waals surface area (Å²) in [5.74, 6) is -0.0388. The van der Waals surface area contributed by atoms with Gasteiger partial charge in [-0.1, -0.05) is 22.6 Å². The molecule has 0 bridgehead atoms. The number of carboxylic acids is 1. The van der Waals surface area contributed by atoms with Crippen LogP contribution >= 0.6 is 34.4 Å². The molecule has 1 saturated heterocycles. The van der Waals surface area contributed by atoms with E-state index < -0.39 is 5.97 Å². The van der Waals surface area contributed by atoms with Crippen LogP contribution in [0.1, 0.15) is 0 Å². The summed E-state index contributed by atoms with van der Waals surface area (Å²) >= 11 is 3.93. The fraction of sp³-hybridized carbons (Fsp3) is 0.800. The molecule has 0 aromatic carbocycles. The normalized spacial score (nSPS) is 32.5. The van der Waals surface area contributed by atoms with Gasteiger partial charge in [0, 0.05) is 10.2 Å². The number of alkyl halides is 1. The molecule has 0 saturated carbocycles. The van der Waals surface area contributed by atoms with E-state index in [1.165, 1.54) is 0 Å². The standard InChI is InChI=1S/C5H8INO2S/c6-1-4-7-3(2-10-4)5(8)9/h3-4,7H,1-2H2,(H,8,9). The first-order valence-electron chi connectivity index (χ1n) is 2.90. The summed E-state index contributed by atoms with van der Waals surface area (Å²) in [4.78, 5) is 10.4. The predicted octanol–water partition coefficient (Wildman–Crippen LogP) is 0.537. The number of rotatable bonds is 2. The van der Waals surface area contributed by atoms with Crippen LogP contribution in [-0.2, 0) is 4.79 Å². The molecule has 10 heavy (non-hydrogen) atoms. The highest BCUT2D eigenvalue weighted by Crippen LogP contribution is 2.20. The molecular weight excluding hydrogens is 265 g/mol. The molecule has 0 spiro atoms. The maximum absolute atomic E-state index is 10.4. The van der Waals surface area contributed by atoms with Crippen LogP contribution in [0.25, 0.3) is 0 Å². The summed E-state index contributed by atoms with van der Waals surface area (Å²) < 4.78 is 0.964. The molecule has 5 heteroatoms. The topological polar surface area (TPSA) is 49.3 Å². The maximum atomic E-state index is 10.4. The smallest absolute Gasteiger partial charge is 0.321 e. The fourth-order valence-corrected chi connectivity index (χ4v) is 2.79. The number of aliphatic carboxylic acids is 1. The number of hydrogen-bond donors (Lipinski definition) is 2. The van der Waals surface area contributed by atoms with Crippen molar-refractivity contribution in [2.75, 3.05) is 10.2 Å². The van der Waals surface area contributed by atoms with E-state index in [1.54, 1.807) is 11.8 Å². The second kappa shape index (κ2) is 3.77. The molecule has 0 aromatic rings. The van der Waals surface area contributed by atoms with Crippen molar-refractivity contribution in [2.24, 2.45) is 0 Å². The molecule has 0 amide bonds. The van der Waals surface area contributed by atoms with Crippen LogP contribution in [0.5, 0.6) is 0 Å². The maximum Gasteiger partial charge on any atom is 0.321 e. The summed E-state index contributed by atoms with van der Waals surface area (Å²) in [5, 5.41) is 11.9. The molecule has 2 atom stereocenters. The van der Waals surface area contributed by atoms with Crippen molar-refractivity contribution < 1.29 is 9.90 Å². The van der Waals surface area contributed by atoms with Crippen molar-refractivity contribution in [3.8, 4) is 0 Å². The van der Waals surface area contributed by atoms with Gasteiger partial charge in [0.25, 0.3) is 0 Å². The van der Waals surface area contributed by atoms with Gasteiger partial charge in [0.2, 0.25) is 0 Å². The Hall–Kier alpha value is 0.510. The Bertz CT molecular complexity index is 144. The third-order valence-corrected chi connectivity index (χ3v) is 4.00. The first-order chi connectivity index (χ1) is 4.74. The summed E-state index contributed by atoms with van der Waals surface area (Å²) in [6.45, 7) is 0. The zero-order chi connectivity index (χ0) is 7.56. The Morgan fingerprint density at radius 2 is 2.60 bits per heavy atom. The molecule has 3 nitrogen and oxygen atoms in total. The zero-order valence-electron chi connectivity index (χ0n) is 5.21. The van der Waals surface area contributed by atoms with Gasteiger partial charge in [0.15, 0.2) is 0 Å². The van der Waals surface area contributed by atoms with E-state index in [0.29, 0.717) is 11.1 Å². The van der Waals surface area contributed by atoms with Crippen molar-refractivity contribution in [1.82, 2.24) is 5.32 Å². The van der Waals surface area contributed by atoms with Crippen molar-refractivity contribution in [3.05, 3.63) is 0 Å². The van der Waals surface area contributed by atoms with E-state index in [4.69, 9.17) is 5.11 Å². The van der Waals surface area contributed by atoms with Gasteiger partial charge in [-0.05, 0) is 0 Å². The molecule has 1 aliphatic heterocycles. The summed E-state index contributed by atoms with van der Waals surface area (Å²) in [5.41, 5.74) is 0. The molecule has 2 N–H and O–H groups in total. The quantitative estimate of drug-likeness (QED) is 0.569. The Labute approximate surface area is 77.1 Å². The van der Waals surface area contributed by atoms with Crippen LogP contribution in [-0.4, -0.2) is 32.7 Å². The number of nitrogens with one attached hydrogen (secondary N) is 1. The number of halogens is 1. The molecule has 1 aliphatic rings. The monoisotopic (exact) mass is 273 g/mol. The highest BCUT2D eigenvalue weighted by atomic mass is 127. The van der Waals surface area contributed by atoms with Gasteiger partial charge in [-0.2, -0.15) is 0 Å². The van der Waals surface area contributed by atoms with E-state index in [0.717, 1.165) is 4.43 Å². The Morgan fingerprint density at radius 1 is 1.90 bits per heavy atom. The van der Waals surface area contributed by atoms with E-state index in [9.17, 15) is 4.79 Å². The third-order valence-electron chi connectivity index (χ3n) is 1.29. The summed E-state index contributed by atoms with van der Waals surface area (Å²) in [6, 6.07) is -0.329. The number of thioether (sulfide) groups is 1. The predicted molar refractivity (Wildman–Crippen MR) is 49.7 cm³/mol. The molecule has 58 valence electrons. The first kappa shape index (κ1) is 8.61. The van der Waals surface area contributed by atoms with Gasteiger partial charge in [-0.3, -0.25) is 10.1 Å². The van der Waals surface area contributed by atoms with Crippen molar-refractivity contribution in [2.45, 2.75) is 11.4 Å². The second-order valence-electron chi connectivity index (χ2n) is 2.03. The zero-order valence-corrected chi connectivity index (χ0v) is 8.18. The molecular formula is C5H8INO2S. The van der Waals surface area contributed by atoms with Crippen molar-refractivity contribution >= 4 is 40.3 Å². The average molecular weight is 273 g/mol. The van der Waals surface area contributed by atoms with E-state index >= 15 is 0 Å². The SMILES string of the molecule is O=C(O)C1CSC(CI)N1. The minimum atomic E-state index is -0.736. The van der Waals surface area contributed by atoms with Crippen LogP contribution < -0.4 is 5.32 Å². The summed E-state index contributed by atoms with van der Waals surface area (Å²) in [7, 11) is 0. The second-order valence-corrected chi connectivity index (χ2v) is 4.15. The van der Waals surface area contributed by atoms with Crippen molar-refractivity contribution in [1.29, 1.82) is 0 Å². The van der Waals surface area contributed by atoms with Crippen molar-refractivity contribution in [3.63, 3.8) is 0 Å². The van der Waals surface area contributed by atoms with E-state index in [2.05, 4.69) is 27.9 Å². The van der Waals surface area contributed by atoms with Crippen LogP contribution in [0.3, 0.4) is 0 Å². The van der Waals surface area contributed by atoms with Crippen LogP contribution in [0.15, 0.2) is 0 Å². The average Bonchev–Trinajstić information content (AvgIpc) is 2.34. The first-order valence-corrected chi connectivity index (χ1v) is 5.48. The van der Waals surface area contributed by atoms with Crippen LogP contribution in [0.2, 0.25) is 0 Å². The molecule has 2 unspecified atom stereocenters. The largest absolute Gasteiger partial charge is 0.480 e. The number of carboxylic acid groups (broad SMARTS) is 1. The van der Waals surface area contributed by atoms with Gasteiger partial charge in [-0.15, -0.1) is 11.8 Å². The minimum Gasteiger partial charge on any atom is -0.480 e. The van der Waals surface area contributed by atoms with Gasteiger partial charge in [0.1, 0.15) is 6.04 Å². The lowest BCUT2D eigenvalue weighted by Crippen LogP contribution is -2.36. The third kappa shape index (κ3) is 2.00. The lowest BCUT2D eigenvalue weighted by molar-refractivity contribution is -0.138. The molecule has 0 aromatic heterocycles. The molecule has 1 heterocycles. The summed E-state index contributed by atoms with van der Waals surface area (Å²) in [6.07, 6.45) is 0. The van der Waals surface area contributed by atoms with Gasteiger partial charge >= 0.3 is 5.97 Å². The highest BCUT2D eigenvalue weighted by molar-refractivity contribution is 14.1. The van der Waals surface area contributed by atoms with Crippen LogP contribution in [0.4, 0.5) is 0 Å². The van der Waals surface area contributed by atoms with Gasteiger partial charge in [-0.25, -0.2) is 0 Å². The Balaban J connectivity index is 2.35. The number of hydrogen-bond acceptors (Lipinski definition) is 3. The lowest BCUT2D eigenvalue weighted by atomic mass is 10.3. The number of carbonyl (C=O) groups is 1. The fourth-order valence-electron chi connectivity index (χ4n) is 0.765. The van der Waals surface area contributed by atoms with E-state index in [1.807, 2.05) is 0 Å². The van der Waals surface area contributed by atoms with E-state index in [-0.39, 0.29) is 6.04 Å².